The van der Waals surface area contributed by atoms with Crippen molar-refractivity contribution in [3.8, 4) is 0 Å². The predicted molar refractivity (Wildman–Crippen MR) is 52.3 cm³/mol. The van der Waals surface area contributed by atoms with E-state index in [1.165, 1.54) is 9.13 Å². The van der Waals surface area contributed by atoms with Crippen LogP contribution in [0.15, 0.2) is 22.0 Å². The van der Waals surface area contributed by atoms with E-state index in [-0.39, 0.29) is 0 Å². The maximum atomic E-state index is 11.5. The molecule has 1 aromatic rings. The van der Waals surface area contributed by atoms with Crippen molar-refractivity contribution in [3.63, 3.8) is 0 Å². The van der Waals surface area contributed by atoms with Crippen molar-refractivity contribution in [2.45, 2.75) is 6.54 Å². The van der Waals surface area contributed by atoms with Gasteiger partial charge in [-0.05, 0) is 0 Å². The summed E-state index contributed by atoms with van der Waals surface area (Å²) in [5.41, 5.74) is -0.887. The van der Waals surface area contributed by atoms with Crippen molar-refractivity contribution < 1.29 is 0 Å². The number of rotatable bonds is 2. The van der Waals surface area contributed by atoms with Crippen LogP contribution in [-0.4, -0.2) is 22.2 Å². The third-order valence-electron chi connectivity index (χ3n) is 2.56. The van der Waals surface area contributed by atoms with Crippen molar-refractivity contribution in [2.75, 3.05) is 13.1 Å². The highest BCUT2D eigenvalue weighted by Crippen LogP contribution is 2.03. The maximum absolute atomic E-state index is 11.5. The first-order valence-electron chi connectivity index (χ1n) is 4.65. The molecule has 5 nitrogen and oxygen atoms in total. The fourth-order valence-corrected chi connectivity index (χ4v) is 1.49. The molecule has 0 saturated carbocycles. The van der Waals surface area contributed by atoms with Gasteiger partial charge in [0, 0.05) is 45.0 Å². The summed E-state index contributed by atoms with van der Waals surface area (Å²) in [4.78, 5) is 22.8. The van der Waals surface area contributed by atoms with E-state index in [4.69, 9.17) is 0 Å². The Hall–Kier alpha value is -1.36. The Morgan fingerprint density at radius 1 is 1.36 bits per heavy atom. The van der Waals surface area contributed by atoms with Crippen molar-refractivity contribution in [1.29, 1.82) is 0 Å². The molecule has 5 heteroatoms. The lowest BCUT2D eigenvalue weighted by atomic mass is 10.0. The standard InChI is InChI=1S/C9H13N3O2/c1-11-2-3-12(9(14)8(11)13)6-7-4-10-5-7/h2-3,7,10H,4-6H2,1H3. The number of aryl methyl sites for hydroxylation is 1. The minimum atomic E-state index is -0.459. The van der Waals surface area contributed by atoms with E-state index in [0.29, 0.717) is 12.5 Å². The minimum Gasteiger partial charge on any atom is -0.316 e. The average molecular weight is 195 g/mol. The molecule has 0 bridgehead atoms. The van der Waals surface area contributed by atoms with Gasteiger partial charge in [0.05, 0.1) is 0 Å². The summed E-state index contributed by atoms with van der Waals surface area (Å²) in [6.45, 7) is 2.51. The molecule has 1 aliphatic rings. The smallest absolute Gasteiger partial charge is 0.316 e. The highest BCUT2D eigenvalue weighted by Gasteiger charge is 2.17. The molecule has 0 atom stereocenters. The van der Waals surface area contributed by atoms with E-state index in [1.54, 1.807) is 19.4 Å². The lowest BCUT2D eigenvalue weighted by Gasteiger charge is -2.27. The molecule has 0 aliphatic carbocycles. The van der Waals surface area contributed by atoms with E-state index < -0.39 is 11.1 Å². The number of hydrogen-bond acceptors (Lipinski definition) is 3. The van der Waals surface area contributed by atoms with Gasteiger partial charge in [0.1, 0.15) is 0 Å². The molecule has 1 saturated heterocycles. The van der Waals surface area contributed by atoms with E-state index >= 15 is 0 Å². The Bertz CT molecular complexity index is 442. The first-order chi connectivity index (χ1) is 6.68. The summed E-state index contributed by atoms with van der Waals surface area (Å²) in [5.74, 6) is 0.486. The second kappa shape index (κ2) is 3.42. The molecule has 0 unspecified atom stereocenters. The van der Waals surface area contributed by atoms with Gasteiger partial charge in [0.2, 0.25) is 0 Å². The van der Waals surface area contributed by atoms with Crippen LogP contribution >= 0.6 is 0 Å². The van der Waals surface area contributed by atoms with Gasteiger partial charge in [-0.25, -0.2) is 0 Å². The summed E-state index contributed by atoms with van der Waals surface area (Å²) in [7, 11) is 1.58. The van der Waals surface area contributed by atoms with Crippen LogP contribution in [0.25, 0.3) is 0 Å². The van der Waals surface area contributed by atoms with Gasteiger partial charge >= 0.3 is 11.1 Å². The normalized spacial score (nSPS) is 16.6. The summed E-state index contributed by atoms with van der Waals surface area (Å²) >= 11 is 0. The molecular weight excluding hydrogens is 182 g/mol. The summed E-state index contributed by atoms with van der Waals surface area (Å²) in [5, 5.41) is 3.13. The highest BCUT2D eigenvalue weighted by atomic mass is 16.2. The molecule has 0 amide bonds. The molecule has 0 spiro atoms. The summed E-state index contributed by atoms with van der Waals surface area (Å²) < 4.78 is 2.80. The zero-order chi connectivity index (χ0) is 10.1. The lowest BCUT2D eigenvalue weighted by molar-refractivity contribution is 0.302. The quantitative estimate of drug-likeness (QED) is 0.601. The van der Waals surface area contributed by atoms with Gasteiger partial charge in [-0.15, -0.1) is 0 Å². The van der Waals surface area contributed by atoms with Gasteiger partial charge in [0.15, 0.2) is 0 Å². The summed E-state index contributed by atoms with van der Waals surface area (Å²) in [6.07, 6.45) is 3.29. The molecular formula is C9H13N3O2. The van der Waals surface area contributed by atoms with Crippen LogP contribution in [0.4, 0.5) is 0 Å². The Kier molecular flexibility index (Phi) is 2.25. The average Bonchev–Trinajstić information content (AvgIpc) is 2.10. The van der Waals surface area contributed by atoms with Crippen molar-refractivity contribution in [1.82, 2.24) is 14.5 Å². The maximum Gasteiger partial charge on any atom is 0.316 e. The van der Waals surface area contributed by atoms with Crippen LogP contribution in [0.2, 0.25) is 0 Å². The van der Waals surface area contributed by atoms with E-state index in [0.717, 1.165) is 13.1 Å². The molecule has 2 heterocycles. The zero-order valence-electron chi connectivity index (χ0n) is 8.06. The van der Waals surface area contributed by atoms with E-state index in [1.807, 2.05) is 0 Å². The fraction of sp³-hybridized carbons (Fsp3) is 0.556. The molecule has 0 radical (unpaired) electrons. The Labute approximate surface area is 81.0 Å². The predicted octanol–water partition coefficient (Wildman–Crippen LogP) is -1.23. The summed E-state index contributed by atoms with van der Waals surface area (Å²) in [6, 6.07) is 0. The van der Waals surface area contributed by atoms with Gasteiger partial charge in [-0.1, -0.05) is 0 Å². The van der Waals surface area contributed by atoms with Crippen LogP contribution in [-0.2, 0) is 13.6 Å². The molecule has 2 rings (SSSR count). The molecule has 76 valence electrons. The van der Waals surface area contributed by atoms with Crippen molar-refractivity contribution in [2.24, 2.45) is 13.0 Å². The van der Waals surface area contributed by atoms with Crippen molar-refractivity contribution >= 4 is 0 Å². The topological polar surface area (TPSA) is 56.0 Å². The van der Waals surface area contributed by atoms with Gasteiger partial charge in [-0.3, -0.25) is 9.59 Å². The van der Waals surface area contributed by atoms with Gasteiger partial charge in [-0.2, -0.15) is 0 Å². The molecule has 1 N–H and O–H groups in total. The second-order valence-corrected chi connectivity index (χ2v) is 3.70. The molecule has 1 fully saturated rings. The fourth-order valence-electron chi connectivity index (χ4n) is 1.49. The molecule has 1 aliphatic heterocycles. The van der Waals surface area contributed by atoms with E-state index in [9.17, 15) is 9.59 Å². The lowest BCUT2D eigenvalue weighted by Crippen LogP contribution is -2.48. The van der Waals surface area contributed by atoms with Crippen LogP contribution < -0.4 is 16.4 Å². The third kappa shape index (κ3) is 1.50. The minimum absolute atomic E-state index is 0.429. The Balaban J connectivity index is 2.30. The molecule has 0 aromatic carbocycles. The van der Waals surface area contributed by atoms with Crippen LogP contribution in [0.3, 0.4) is 0 Å². The first kappa shape index (κ1) is 9.21. The first-order valence-corrected chi connectivity index (χ1v) is 4.65. The number of nitrogens with zero attached hydrogens (tertiary/aromatic N) is 2. The molecule has 1 aromatic heterocycles. The number of nitrogens with one attached hydrogen (secondary N) is 1. The Morgan fingerprint density at radius 3 is 2.64 bits per heavy atom. The largest absolute Gasteiger partial charge is 0.316 e. The molecule has 14 heavy (non-hydrogen) atoms. The van der Waals surface area contributed by atoms with Crippen LogP contribution in [0.1, 0.15) is 0 Å². The zero-order valence-corrected chi connectivity index (χ0v) is 8.06. The number of hydrogen-bond donors (Lipinski definition) is 1. The monoisotopic (exact) mass is 195 g/mol. The number of aromatic nitrogens is 2. The highest BCUT2D eigenvalue weighted by molar-refractivity contribution is 4.87. The van der Waals surface area contributed by atoms with Crippen molar-refractivity contribution in [3.05, 3.63) is 33.1 Å². The Morgan fingerprint density at radius 2 is 2.07 bits per heavy atom. The van der Waals surface area contributed by atoms with Crippen LogP contribution in [0.5, 0.6) is 0 Å². The van der Waals surface area contributed by atoms with E-state index in [2.05, 4.69) is 5.32 Å². The third-order valence-corrected chi connectivity index (χ3v) is 2.56. The van der Waals surface area contributed by atoms with Gasteiger partial charge in [0.25, 0.3) is 0 Å². The second-order valence-electron chi connectivity index (χ2n) is 3.70. The van der Waals surface area contributed by atoms with Gasteiger partial charge < -0.3 is 14.5 Å². The SMILES string of the molecule is Cn1ccn(CC2CNC2)c(=O)c1=O. The van der Waals surface area contributed by atoms with Crippen LogP contribution in [0, 0.1) is 5.92 Å².